The zero-order chi connectivity index (χ0) is 19.1. The van der Waals surface area contributed by atoms with Crippen LogP contribution in [0.15, 0.2) is 41.5 Å². The van der Waals surface area contributed by atoms with Crippen LogP contribution in [0.25, 0.3) is 0 Å². The van der Waals surface area contributed by atoms with Gasteiger partial charge in [-0.25, -0.2) is 5.43 Å². The maximum Gasteiger partial charge on any atom is 0.329 e. The van der Waals surface area contributed by atoms with Crippen molar-refractivity contribution < 1.29 is 19.1 Å². The number of aryl methyl sites for hydroxylation is 2. The second-order valence-corrected chi connectivity index (χ2v) is 5.54. The predicted molar refractivity (Wildman–Crippen MR) is 99.8 cm³/mol. The molecule has 136 valence electrons. The maximum atomic E-state index is 11.9. The van der Waals surface area contributed by atoms with Gasteiger partial charge in [0.25, 0.3) is 0 Å². The molecule has 0 unspecified atom stereocenters. The summed E-state index contributed by atoms with van der Waals surface area (Å²) in [6.45, 7) is 3.89. The highest BCUT2D eigenvalue weighted by molar-refractivity contribution is 6.39. The molecule has 7 nitrogen and oxygen atoms in total. The van der Waals surface area contributed by atoms with Crippen LogP contribution < -0.4 is 20.2 Å². The number of anilines is 1. The standard InChI is InChI=1S/C19H21N3O4/c1-12-8-9-15(10-13(12)2)21-18(23)19(24)22-20-11-14-6-5-7-16(25-3)17(14)26-4/h5-11H,1-4H3,(H,21,23)(H,22,24)/b20-11+. The Kier molecular flexibility index (Phi) is 6.32. The number of carbonyl (C=O) groups excluding carboxylic acids is 2. The van der Waals surface area contributed by atoms with Crippen LogP contribution in [0.3, 0.4) is 0 Å². The summed E-state index contributed by atoms with van der Waals surface area (Å²) in [5.41, 5.74) is 5.46. The second kappa shape index (κ2) is 8.66. The van der Waals surface area contributed by atoms with Crippen molar-refractivity contribution in [2.24, 2.45) is 5.10 Å². The Morgan fingerprint density at radius 1 is 1.00 bits per heavy atom. The first-order valence-corrected chi connectivity index (χ1v) is 7.89. The number of para-hydroxylation sites is 1. The first-order chi connectivity index (χ1) is 12.5. The molecule has 0 saturated carbocycles. The summed E-state index contributed by atoms with van der Waals surface area (Å²) in [5, 5.41) is 6.33. The van der Waals surface area contributed by atoms with Crippen molar-refractivity contribution in [3.05, 3.63) is 53.1 Å². The third-order valence-corrected chi connectivity index (χ3v) is 3.77. The molecule has 0 radical (unpaired) electrons. The highest BCUT2D eigenvalue weighted by atomic mass is 16.5. The van der Waals surface area contributed by atoms with Gasteiger partial charge < -0.3 is 14.8 Å². The van der Waals surface area contributed by atoms with E-state index in [-0.39, 0.29) is 0 Å². The van der Waals surface area contributed by atoms with E-state index in [4.69, 9.17) is 9.47 Å². The molecule has 2 rings (SSSR count). The number of hydrogen-bond donors (Lipinski definition) is 2. The van der Waals surface area contributed by atoms with Gasteiger partial charge in [-0.1, -0.05) is 12.1 Å². The van der Waals surface area contributed by atoms with Crippen molar-refractivity contribution in [2.75, 3.05) is 19.5 Å². The Balaban J connectivity index is 2.00. The van der Waals surface area contributed by atoms with E-state index in [2.05, 4.69) is 15.8 Å². The zero-order valence-electron chi connectivity index (χ0n) is 15.1. The predicted octanol–water partition coefficient (Wildman–Crippen LogP) is 2.41. The minimum Gasteiger partial charge on any atom is -0.493 e. The third-order valence-electron chi connectivity index (χ3n) is 3.77. The fraction of sp³-hybridized carbons (Fsp3) is 0.211. The first-order valence-electron chi connectivity index (χ1n) is 7.89. The largest absolute Gasteiger partial charge is 0.493 e. The van der Waals surface area contributed by atoms with E-state index in [1.165, 1.54) is 20.4 Å². The normalized spacial score (nSPS) is 10.5. The van der Waals surface area contributed by atoms with Crippen LogP contribution in [0.5, 0.6) is 11.5 Å². The maximum absolute atomic E-state index is 11.9. The van der Waals surface area contributed by atoms with E-state index in [9.17, 15) is 9.59 Å². The molecule has 0 aliphatic heterocycles. The van der Waals surface area contributed by atoms with Crippen molar-refractivity contribution in [1.82, 2.24) is 5.43 Å². The van der Waals surface area contributed by atoms with Gasteiger partial charge in [-0.2, -0.15) is 5.10 Å². The van der Waals surface area contributed by atoms with Crippen LogP contribution in [0.4, 0.5) is 5.69 Å². The molecule has 0 bridgehead atoms. The van der Waals surface area contributed by atoms with Gasteiger partial charge in [0.05, 0.1) is 20.4 Å². The number of benzene rings is 2. The summed E-state index contributed by atoms with van der Waals surface area (Å²) in [6, 6.07) is 10.6. The molecule has 0 aliphatic rings. The number of amides is 2. The molecule has 2 aromatic rings. The quantitative estimate of drug-likeness (QED) is 0.490. The van der Waals surface area contributed by atoms with Crippen LogP contribution in [0.1, 0.15) is 16.7 Å². The molecule has 0 heterocycles. The summed E-state index contributed by atoms with van der Waals surface area (Å²) in [5.74, 6) is -0.660. The van der Waals surface area contributed by atoms with Crippen LogP contribution in [0, 0.1) is 13.8 Å². The van der Waals surface area contributed by atoms with Gasteiger partial charge in [-0.3, -0.25) is 9.59 Å². The van der Waals surface area contributed by atoms with E-state index < -0.39 is 11.8 Å². The number of hydrogen-bond acceptors (Lipinski definition) is 5. The van der Waals surface area contributed by atoms with Crippen molar-refractivity contribution in [3.63, 3.8) is 0 Å². The Labute approximate surface area is 152 Å². The molecule has 0 atom stereocenters. The summed E-state index contributed by atoms with van der Waals surface area (Å²) >= 11 is 0. The molecule has 2 N–H and O–H groups in total. The van der Waals surface area contributed by atoms with Crippen molar-refractivity contribution in [1.29, 1.82) is 0 Å². The lowest BCUT2D eigenvalue weighted by atomic mass is 10.1. The highest BCUT2D eigenvalue weighted by Crippen LogP contribution is 2.29. The summed E-state index contributed by atoms with van der Waals surface area (Å²) in [6.07, 6.45) is 1.38. The van der Waals surface area contributed by atoms with Crippen molar-refractivity contribution in [2.45, 2.75) is 13.8 Å². The minimum atomic E-state index is -0.874. The third kappa shape index (κ3) is 4.60. The molecular weight excluding hydrogens is 334 g/mol. The van der Waals surface area contributed by atoms with Gasteiger partial charge in [0.2, 0.25) is 0 Å². The SMILES string of the molecule is COc1cccc(/C=N/NC(=O)C(=O)Nc2ccc(C)c(C)c2)c1OC. The Hall–Kier alpha value is -3.35. The van der Waals surface area contributed by atoms with E-state index in [0.717, 1.165) is 11.1 Å². The summed E-state index contributed by atoms with van der Waals surface area (Å²) < 4.78 is 10.5. The molecule has 0 aromatic heterocycles. The lowest BCUT2D eigenvalue weighted by Crippen LogP contribution is -2.32. The molecular formula is C19H21N3O4. The first kappa shape index (κ1) is 19.0. The van der Waals surface area contributed by atoms with E-state index >= 15 is 0 Å². The summed E-state index contributed by atoms with van der Waals surface area (Å²) in [7, 11) is 3.03. The van der Waals surface area contributed by atoms with E-state index in [1.807, 2.05) is 19.9 Å². The number of carbonyl (C=O) groups is 2. The van der Waals surface area contributed by atoms with Crippen LogP contribution in [0.2, 0.25) is 0 Å². The number of methoxy groups -OCH3 is 2. The van der Waals surface area contributed by atoms with Gasteiger partial charge in [0, 0.05) is 11.3 Å². The van der Waals surface area contributed by atoms with Crippen LogP contribution in [-0.2, 0) is 9.59 Å². The Morgan fingerprint density at radius 2 is 1.77 bits per heavy atom. The Morgan fingerprint density at radius 3 is 2.42 bits per heavy atom. The zero-order valence-corrected chi connectivity index (χ0v) is 15.1. The molecule has 7 heteroatoms. The van der Waals surface area contributed by atoms with Crippen molar-refractivity contribution >= 4 is 23.7 Å². The molecule has 0 saturated heterocycles. The molecule has 2 amide bonds. The monoisotopic (exact) mass is 355 g/mol. The van der Waals surface area contributed by atoms with Crippen LogP contribution in [-0.4, -0.2) is 32.2 Å². The summed E-state index contributed by atoms with van der Waals surface area (Å²) in [4.78, 5) is 23.8. The highest BCUT2D eigenvalue weighted by Gasteiger charge is 2.13. The topological polar surface area (TPSA) is 89.0 Å². The van der Waals surface area contributed by atoms with Gasteiger partial charge >= 0.3 is 11.8 Å². The fourth-order valence-electron chi connectivity index (χ4n) is 2.23. The number of ether oxygens (including phenoxy) is 2. The molecule has 0 fully saturated rings. The lowest BCUT2D eigenvalue weighted by molar-refractivity contribution is -0.136. The number of hydrazone groups is 1. The van der Waals surface area contributed by atoms with Gasteiger partial charge in [-0.15, -0.1) is 0 Å². The number of nitrogens with one attached hydrogen (secondary N) is 2. The number of rotatable bonds is 5. The average Bonchev–Trinajstić information content (AvgIpc) is 2.64. The average molecular weight is 355 g/mol. The Bertz CT molecular complexity index is 847. The smallest absolute Gasteiger partial charge is 0.329 e. The van der Waals surface area contributed by atoms with E-state index in [1.54, 1.807) is 30.3 Å². The van der Waals surface area contributed by atoms with Crippen molar-refractivity contribution in [3.8, 4) is 11.5 Å². The number of nitrogens with zero attached hydrogens (tertiary/aromatic N) is 1. The van der Waals surface area contributed by atoms with Gasteiger partial charge in [-0.05, 0) is 49.2 Å². The van der Waals surface area contributed by atoms with Gasteiger partial charge in [0.15, 0.2) is 11.5 Å². The minimum absolute atomic E-state index is 0.479. The van der Waals surface area contributed by atoms with E-state index in [0.29, 0.717) is 22.7 Å². The second-order valence-electron chi connectivity index (χ2n) is 5.54. The molecule has 0 spiro atoms. The van der Waals surface area contributed by atoms with Crippen LogP contribution >= 0.6 is 0 Å². The molecule has 2 aromatic carbocycles. The van der Waals surface area contributed by atoms with Gasteiger partial charge in [0.1, 0.15) is 0 Å². The lowest BCUT2D eigenvalue weighted by Gasteiger charge is -2.09. The molecule has 0 aliphatic carbocycles. The molecule has 26 heavy (non-hydrogen) atoms. The fourth-order valence-corrected chi connectivity index (χ4v) is 2.23.